The third kappa shape index (κ3) is 3.60. The van der Waals surface area contributed by atoms with Gasteiger partial charge in [-0.2, -0.15) is 0 Å². The molecule has 1 saturated carbocycles. The molecule has 3 heteroatoms. The van der Waals surface area contributed by atoms with E-state index < -0.39 is 0 Å². The quantitative estimate of drug-likeness (QED) is 0.839. The van der Waals surface area contributed by atoms with Crippen LogP contribution in [0.5, 0.6) is 0 Å². The Kier molecular flexibility index (Phi) is 5.58. The van der Waals surface area contributed by atoms with Crippen molar-refractivity contribution in [1.82, 2.24) is 4.90 Å². The van der Waals surface area contributed by atoms with Crippen LogP contribution in [-0.4, -0.2) is 35.2 Å². The van der Waals surface area contributed by atoms with E-state index in [4.69, 9.17) is 5.73 Å². The average molecular weight is 276 g/mol. The molecular formula is C17H28N2O. The van der Waals surface area contributed by atoms with Gasteiger partial charge < -0.3 is 10.8 Å². The van der Waals surface area contributed by atoms with Crippen LogP contribution in [0.3, 0.4) is 0 Å². The summed E-state index contributed by atoms with van der Waals surface area (Å²) < 4.78 is 0. The van der Waals surface area contributed by atoms with Crippen LogP contribution in [0.15, 0.2) is 24.3 Å². The monoisotopic (exact) mass is 276 g/mol. The lowest BCUT2D eigenvalue weighted by Gasteiger charge is -2.38. The second-order valence-corrected chi connectivity index (χ2v) is 6.12. The molecule has 1 aliphatic carbocycles. The average Bonchev–Trinajstić information content (AvgIpc) is 2.91. The molecule has 1 aromatic carbocycles. The van der Waals surface area contributed by atoms with E-state index in [1.807, 2.05) is 0 Å². The molecule has 3 N–H and O–H groups in total. The van der Waals surface area contributed by atoms with Gasteiger partial charge in [-0.3, -0.25) is 4.90 Å². The standard InChI is InChI=1S/C17H28N2O/c1-13-6-5-7-15(12-13)17(14(2)18)19(10-11-20)16-8-3-4-9-16/h5-7,12,14,16-17,20H,3-4,8-11,18H2,1-2H3. The maximum Gasteiger partial charge on any atom is 0.0558 e. The number of aliphatic hydroxyl groups excluding tert-OH is 1. The van der Waals surface area contributed by atoms with Crippen molar-refractivity contribution in [2.45, 2.75) is 57.7 Å². The maximum atomic E-state index is 9.45. The highest BCUT2D eigenvalue weighted by atomic mass is 16.3. The molecule has 0 aliphatic heterocycles. The summed E-state index contributed by atoms with van der Waals surface area (Å²) in [4.78, 5) is 2.44. The highest BCUT2D eigenvalue weighted by molar-refractivity contribution is 5.26. The van der Waals surface area contributed by atoms with Crippen LogP contribution < -0.4 is 5.73 Å². The summed E-state index contributed by atoms with van der Waals surface area (Å²) in [7, 11) is 0. The van der Waals surface area contributed by atoms with Crippen molar-refractivity contribution in [3.8, 4) is 0 Å². The number of aryl methyl sites for hydroxylation is 1. The molecule has 0 bridgehead atoms. The summed E-state index contributed by atoms with van der Waals surface area (Å²) in [5.74, 6) is 0. The van der Waals surface area contributed by atoms with Crippen molar-refractivity contribution in [1.29, 1.82) is 0 Å². The zero-order valence-electron chi connectivity index (χ0n) is 12.8. The number of hydrogen-bond acceptors (Lipinski definition) is 3. The normalized spacial score (nSPS) is 19.4. The van der Waals surface area contributed by atoms with Crippen LogP contribution in [0, 0.1) is 6.92 Å². The smallest absolute Gasteiger partial charge is 0.0558 e. The maximum absolute atomic E-state index is 9.45. The minimum Gasteiger partial charge on any atom is -0.395 e. The number of nitrogens with two attached hydrogens (primary N) is 1. The Morgan fingerprint density at radius 1 is 1.35 bits per heavy atom. The number of aliphatic hydroxyl groups is 1. The van der Waals surface area contributed by atoms with Gasteiger partial charge in [0, 0.05) is 24.7 Å². The third-order valence-electron chi connectivity index (χ3n) is 4.39. The third-order valence-corrected chi connectivity index (χ3v) is 4.39. The number of rotatable bonds is 6. The number of benzene rings is 1. The van der Waals surface area contributed by atoms with E-state index in [2.05, 4.69) is 43.0 Å². The number of nitrogens with zero attached hydrogens (tertiary/aromatic N) is 1. The van der Waals surface area contributed by atoms with E-state index >= 15 is 0 Å². The van der Waals surface area contributed by atoms with Gasteiger partial charge in [-0.15, -0.1) is 0 Å². The first-order valence-corrected chi connectivity index (χ1v) is 7.82. The molecule has 3 nitrogen and oxygen atoms in total. The molecule has 0 saturated heterocycles. The largest absolute Gasteiger partial charge is 0.395 e. The molecule has 0 amide bonds. The number of hydrogen-bond donors (Lipinski definition) is 2. The summed E-state index contributed by atoms with van der Waals surface area (Å²) in [5.41, 5.74) is 8.84. The predicted molar refractivity (Wildman–Crippen MR) is 83.6 cm³/mol. The topological polar surface area (TPSA) is 49.5 Å². The van der Waals surface area contributed by atoms with E-state index in [0.717, 1.165) is 0 Å². The highest BCUT2D eigenvalue weighted by Crippen LogP contribution is 2.32. The minimum absolute atomic E-state index is 0.0592. The van der Waals surface area contributed by atoms with Crippen molar-refractivity contribution in [3.05, 3.63) is 35.4 Å². The summed E-state index contributed by atoms with van der Waals surface area (Å²) in [6.45, 7) is 5.11. The van der Waals surface area contributed by atoms with E-state index in [1.165, 1.54) is 36.8 Å². The summed E-state index contributed by atoms with van der Waals surface area (Å²) in [6, 6.07) is 9.44. The molecule has 112 valence electrons. The molecular weight excluding hydrogens is 248 g/mol. The van der Waals surface area contributed by atoms with Gasteiger partial charge in [0.05, 0.1) is 6.61 Å². The SMILES string of the molecule is Cc1cccc(C(C(C)N)N(CCO)C2CCCC2)c1. The fraction of sp³-hybridized carbons (Fsp3) is 0.647. The van der Waals surface area contributed by atoms with Gasteiger partial charge in [0.2, 0.25) is 0 Å². The summed E-state index contributed by atoms with van der Waals surface area (Å²) in [6.07, 6.45) is 5.06. The van der Waals surface area contributed by atoms with Crippen LogP contribution in [0.2, 0.25) is 0 Å². The molecule has 2 unspecified atom stereocenters. The zero-order chi connectivity index (χ0) is 14.5. The van der Waals surface area contributed by atoms with Crippen LogP contribution in [0.25, 0.3) is 0 Å². The van der Waals surface area contributed by atoms with E-state index in [9.17, 15) is 5.11 Å². The summed E-state index contributed by atoms with van der Waals surface area (Å²) in [5, 5.41) is 9.45. The van der Waals surface area contributed by atoms with Crippen LogP contribution in [0.4, 0.5) is 0 Å². The molecule has 2 atom stereocenters. The van der Waals surface area contributed by atoms with Crippen molar-refractivity contribution in [3.63, 3.8) is 0 Å². The van der Waals surface area contributed by atoms with Gasteiger partial charge in [0.15, 0.2) is 0 Å². The van der Waals surface area contributed by atoms with Crippen molar-refractivity contribution < 1.29 is 5.11 Å². The minimum atomic E-state index is 0.0592. The van der Waals surface area contributed by atoms with Crippen molar-refractivity contribution in [2.24, 2.45) is 5.73 Å². The molecule has 0 spiro atoms. The molecule has 2 rings (SSSR count). The molecule has 0 aromatic heterocycles. The summed E-state index contributed by atoms with van der Waals surface area (Å²) >= 11 is 0. The Labute approximate surface area is 122 Å². The lowest BCUT2D eigenvalue weighted by Crippen LogP contribution is -2.45. The van der Waals surface area contributed by atoms with E-state index in [-0.39, 0.29) is 18.7 Å². The fourth-order valence-corrected chi connectivity index (χ4v) is 3.55. The first-order chi connectivity index (χ1) is 9.63. The van der Waals surface area contributed by atoms with Crippen LogP contribution in [-0.2, 0) is 0 Å². The van der Waals surface area contributed by atoms with Gasteiger partial charge in [0.1, 0.15) is 0 Å². The lowest BCUT2D eigenvalue weighted by molar-refractivity contribution is 0.0922. The van der Waals surface area contributed by atoms with Crippen LogP contribution >= 0.6 is 0 Å². The van der Waals surface area contributed by atoms with Crippen molar-refractivity contribution >= 4 is 0 Å². The van der Waals surface area contributed by atoms with Gasteiger partial charge in [0.25, 0.3) is 0 Å². The lowest BCUT2D eigenvalue weighted by atomic mass is 9.95. The van der Waals surface area contributed by atoms with Gasteiger partial charge in [-0.25, -0.2) is 0 Å². The van der Waals surface area contributed by atoms with Crippen LogP contribution in [0.1, 0.15) is 49.8 Å². The highest BCUT2D eigenvalue weighted by Gasteiger charge is 2.31. The van der Waals surface area contributed by atoms with Gasteiger partial charge >= 0.3 is 0 Å². The molecule has 1 aliphatic rings. The van der Waals surface area contributed by atoms with E-state index in [1.54, 1.807) is 0 Å². The molecule has 1 fully saturated rings. The van der Waals surface area contributed by atoms with Gasteiger partial charge in [-0.05, 0) is 32.3 Å². The second-order valence-electron chi connectivity index (χ2n) is 6.12. The molecule has 0 radical (unpaired) electrons. The van der Waals surface area contributed by atoms with E-state index in [0.29, 0.717) is 12.6 Å². The van der Waals surface area contributed by atoms with Crippen molar-refractivity contribution in [2.75, 3.05) is 13.2 Å². The first-order valence-electron chi connectivity index (χ1n) is 7.82. The molecule has 20 heavy (non-hydrogen) atoms. The van der Waals surface area contributed by atoms with Gasteiger partial charge in [-0.1, -0.05) is 42.7 Å². The predicted octanol–water partition coefficient (Wildman–Crippen LogP) is 2.62. The Hall–Kier alpha value is -0.900. The molecule has 1 aromatic rings. The fourth-order valence-electron chi connectivity index (χ4n) is 3.55. The Bertz CT molecular complexity index is 413. The first kappa shape index (κ1) is 15.5. The zero-order valence-corrected chi connectivity index (χ0v) is 12.8. The Balaban J connectivity index is 2.28. The Morgan fingerprint density at radius 3 is 2.60 bits per heavy atom. The second kappa shape index (κ2) is 7.21. The molecule has 0 heterocycles. The Morgan fingerprint density at radius 2 is 2.05 bits per heavy atom.